The first kappa shape index (κ1) is 17.9. The highest BCUT2D eigenvalue weighted by Gasteiger charge is 2.31. The number of hydrogen-bond donors (Lipinski definition) is 1. The number of pyridine rings is 1. The first-order valence-corrected chi connectivity index (χ1v) is 8.48. The lowest BCUT2D eigenvalue weighted by atomic mass is 10.1. The van der Waals surface area contributed by atoms with Crippen molar-refractivity contribution in [3.63, 3.8) is 0 Å². The molecule has 0 spiro atoms. The predicted molar refractivity (Wildman–Crippen MR) is 95.7 cm³/mol. The molecule has 0 bridgehead atoms. The van der Waals surface area contributed by atoms with Gasteiger partial charge in [-0.15, -0.1) is 0 Å². The summed E-state index contributed by atoms with van der Waals surface area (Å²) in [4.78, 5) is 30.7. The standard InChI is InChI=1S/C18H23N5O3/c1-18(2,3)26-17(25)23-9-7-14-13(11-23)15(22(4)21-14)16(24)20-12-6-5-8-19-10-12/h5-6,8,10H,7,9,11H2,1-4H3,(H,20,24). The summed E-state index contributed by atoms with van der Waals surface area (Å²) >= 11 is 0. The van der Waals surface area contributed by atoms with Gasteiger partial charge in [-0.2, -0.15) is 5.10 Å². The lowest BCUT2D eigenvalue weighted by Crippen LogP contribution is -2.40. The summed E-state index contributed by atoms with van der Waals surface area (Å²) in [6.07, 6.45) is 3.42. The molecular formula is C18H23N5O3. The molecule has 2 aromatic heterocycles. The lowest BCUT2D eigenvalue weighted by molar-refractivity contribution is 0.0222. The van der Waals surface area contributed by atoms with Crippen LogP contribution in [-0.4, -0.2) is 43.8 Å². The van der Waals surface area contributed by atoms with Gasteiger partial charge in [0.25, 0.3) is 5.91 Å². The summed E-state index contributed by atoms with van der Waals surface area (Å²) in [5, 5.41) is 7.26. The number of nitrogens with zero attached hydrogens (tertiary/aromatic N) is 4. The second kappa shape index (κ2) is 6.78. The normalized spacial score (nSPS) is 13.9. The topological polar surface area (TPSA) is 89.4 Å². The molecule has 0 atom stereocenters. The molecule has 0 saturated carbocycles. The summed E-state index contributed by atoms with van der Waals surface area (Å²) in [5.74, 6) is -0.278. The van der Waals surface area contributed by atoms with Crippen molar-refractivity contribution >= 4 is 17.7 Å². The Kier molecular flexibility index (Phi) is 4.67. The van der Waals surface area contributed by atoms with Crippen molar-refractivity contribution in [2.45, 2.75) is 39.3 Å². The Bertz CT molecular complexity index is 823. The zero-order chi connectivity index (χ0) is 18.9. The van der Waals surface area contributed by atoms with E-state index in [2.05, 4.69) is 15.4 Å². The maximum atomic E-state index is 12.7. The molecule has 0 fully saturated rings. The zero-order valence-corrected chi connectivity index (χ0v) is 15.4. The molecule has 26 heavy (non-hydrogen) atoms. The minimum absolute atomic E-state index is 0.278. The highest BCUT2D eigenvalue weighted by molar-refractivity contribution is 6.04. The second-order valence-electron chi connectivity index (χ2n) is 7.25. The highest BCUT2D eigenvalue weighted by Crippen LogP contribution is 2.24. The van der Waals surface area contributed by atoms with E-state index in [0.717, 1.165) is 11.3 Å². The molecule has 0 aromatic carbocycles. The zero-order valence-electron chi connectivity index (χ0n) is 15.4. The van der Waals surface area contributed by atoms with Crippen LogP contribution in [-0.2, 0) is 24.8 Å². The van der Waals surface area contributed by atoms with Crippen molar-refractivity contribution in [3.05, 3.63) is 41.5 Å². The van der Waals surface area contributed by atoms with Crippen LogP contribution < -0.4 is 5.32 Å². The maximum absolute atomic E-state index is 12.7. The largest absolute Gasteiger partial charge is 0.444 e. The Balaban J connectivity index is 1.81. The van der Waals surface area contributed by atoms with Gasteiger partial charge in [-0.05, 0) is 32.9 Å². The number of carbonyl (C=O) groups is 2. The number of anilines is 1. The molecule has 0 aliphatic carbocycles. The third kappa shape index (κ3) is 3.84. The van der Waals surface area contributed by atoms with Gasteiger partial charge in [0, 0.05) is 31.8 Å². The van der Waals surface area contributed by atoms with Crippen molar-refractivity contribution in [2.24, 2.45) is 7.05 Å². The quantitative estimate of drug-likeness (QED) is 0.891. The van der Waals surface area contributed by atoms with Crippen LogP contribution in [0.2, 0.25) is 0 Å². The highest BCUT2D eigenvalue weighted by atomic mass is 16.6. The molecule has 1 aliphatic heterocycles. The van der Waals surface area contributed by atoms with E-state index >= 15 is 0 Å². The van der Waals surface area contributed by atoms with Crippen molar-refractivity contribution in [1.82, 2.24) is 19.7 Å². The molecule has 3 rings (SSSR count). The summed E-state index contributed by atoms with van der Waals surface area (Å²) in [6.45, 7) is 6.31. The monoisotopic (exact) mass is 357 g/mol. The number of aromatic nitrogens is 3. The van der Waals surface area contributed by atoms with Gasteiger partial charge in [0.2, 0.25) is 0 Å². The molecule has 138 valence electrons. The number of carbonyl (C=O) groups excluding carboxylic acids is 2. The van der Waals surface area contributed by atoms with Crippen LogP contribution in [0, 0.1) is 0 Å². The molecule has 0 radical (unpaired) electrons. The van der Waals surface area contributed by atoms with E-state index < -0.39 is 5.60 Å². The molecule has 1 aliphatic rings. The Morgan fingerprint density at radius 2 is 2.08 bits per heavy atom. The average Bonchev–Trinajstić information content (AvgIpc) is 2.89. The van der Waals surface area contributed by atoms with Crippen molar-refractivity contribution in [3.8, 4) is 0 Å². The summed E-state index contributed by atoms with van der Waals surface area (Å²) in [6, 6.07) is 3.51. The van der Waals surface area contributed by atoms with E-state index in [-0.39, 0.29) is 12.0 Å². The molecule has 3 heterocycles. The van der Waals surface area contributed by atoms with Crippen LogP contribution in [0.25, 0.3) is 0 Å². The number of hydrogen-bond acceptors (Lipinski definition) is 5. The Morgan fingerprint density at radius 1 is 1.31 bits per heavy atom. The summed E-state index contributed by atoms with van der Waals surface area (Å²) in [7, 11) is 1.73. The third-order valence-electron chi connectivity index (χ3n) is 3.98. The van der Waals surface area contributed by atoms with Gasteiger partial charge < -0.3 is 15.0 Å². The van der Waals surface area contributed by atoms with Crippen molar-refractivity contribution < 1.29 is 14.3 Å². The van der Waals surface area contributed by atoms with Crippen LogP contribution in [0.15, 0.2) is 24.5 Å². The van der Waals surface area contributed by atoms with Gasteiger partial charge in [0.15, 0.2) is 0 Å². The van der Waals surface area contributed by atoms with Gasteiger partial charge >= 0.3 is 6.09 Å². The van der Waals surface area contributed by atoms with Crippen LogP contribution >= 0.6 is 0 Å². The first-order chi connectivity index (χ1) is 12.2. The van der Waals surface area contributed by atoms with E-state index in [0.29, 0.717) is 30.9 Å². The SMILES string of the molecule is Cn1nc2c(c1C(=O)Nc1cccnc1)CN(C(=O)OC(C)(C)C)CC2. The molecule has 0 saturated heterocycles. The minimum Gasteiger partial charge on any atom is -0.444 e. The van der Waals surface area contributed by atoms with E-state index in [4.69, 9.17) is 4.74 Å². The van der Waals surface area contributed by atoms with Crippen LogP contribution in [0.1, 0.15) is 42.5 Å². The molecule has 2 aromatic rings. The van der Waals surface area contributed by atoms with E-state index in [9.17, 15) is 9.59 Å². The fourth-order valence-corrected chi connectivity index (χ4v) is 2.89. The Morgan fingerprint density at radius 3 is 2.73 bits per heavy atom. The number of ether oxygens (including phenoxy) is 1. The lowest BCUT2D eigenvalue weighted by Gasteiger charge is -2.29. The number of rotatable bonds is 2. The van der Waals surface area contributed by atoms with Gasteiger partial charge in [-0.1, -0.05) is 0 Å². The van der Waals surface area contributed by atoms with Gasteiger partial charge in [-0.3, -0.25) is 14.5 Å². The first-order valence-electron chi connectivity index (χ1n) is 8.48. The number of fused-ring (bicyclic) bond motifs is 1. The minimum atomic E-state index is -0.563. The Labute approximate surface area is 152 Å². The van der Waals surface area contributed by atoms with Crippen LogP contribution in [0.5, 0.6) is 0 Å². The summed E-state index contributed by atoms with van der Waals surface area (Å²) < 4.78 is 7.01. The van der Waals surface area contributed by atoms with Crippen LogP contribution in [0.3, 0.4) is 0 Å². The molecule has 8 nitrogen and oxygen atoms in total. The summed E-state index contributed by atoms with van der Waals surface area (Å²) in [5.41, 5.74) is 2.08. The number of nitrogens with one attached hydrogen (secondary N) is 1. The fraction of sp³-hybridized carbons (Fsp3) is 0.444. The molecule has 0 unspecified atom stereocenters. The number of amides is 2. The van der Waals surface area contributed by atoms with Crippen molar-refractivity contribution in [1.29, 1.82) is 0 Å². The van der Waals surface area contributed by atoms with Crippen molar-refractivity contribution in [2.75, 3.05) is 11.9 Å². The predicted octanol–water partition coefficient (Wildman–Crippen LogP) is 2.36. The van der Waals surface area contributed by atoms with E-state index in [1.54, 1.807) is 41.2 Å². The third-order valence-corrected chi connectivity index (χ3v) is 3.98. The van der Waals surface area contributed by atoms with Crippen LogP contribution in [0.4, 0.5) is 10.5 Å². The maximum Gasteiger partial charge on any atom is 0.410 e. The smallest absolute Gasteiger partial charge is 0.410 e. The number of aryl methyl sites for hydroxylation is 1. The molecule has 1 N–H and O–H groups in total. The molecular weight excluding hydrogens is 334 g/mol. The van der Waals surface area contributed by atoms with Gasteiger partial charge in [0.05, 0.1) is 24.1 Å². The Hall–Kier alpha value is -2.90. The van der Waals surface area contributed by atoms with Gasteiger partial charge in [-0.25, -0.2) is 4.79 Å². The molecule has 2 amide bonds. The average molecular weight is 357 g/mol. The van der Waals surface area contributed by atoms with E-state index in [1.807, 2.05) is 20.8 Å². The van der Waals surface area contributed by atoms with E-state index in [1.165, 1.54) is 0 Å². The molecule has 8 heteroatoms. The van der Waals surface area contributed by atoms with Gasteiger partial charge in [0.1, 0.15) is 11.3 Å². The second-order valence-corrected chi connectivity index (χ2v) is 7.25. The fourth-order valence-electron chi connectivity index (χ4n) is 2.89.